The van der Waals surface area contributed by atoms with Crippen LogP contribution in [0.2, 0.25) is 0 Å². The molecule has 0 bridgehead atoms. The fraction of sp³-hybridized carbons (Fsp3) is 0.939. The van der Waals surface area contributed by atoms with Crippen LogP contribution in [0.1, 0.15) is 285 Å². The quantitative estimate of drug-likeness (QED) is 0.0376. The first-order valence-electron chi connectivity index (χ1n) is 24.6. The van der Waals surface area contributed by atoms with Crippen molar-refractivity contribution in [1.82, 2.24) is 0 Å². The Morgan fingerprint density at radius 1 is 0.400 bits per heavy atom. The van der Waals surface area contributed by atoms with E-state index in [9.17, 15) is 14.4 Å². The molecule has 55 heavy (non-hydrogen) atoms. The summed E-state index contributed by atoms with van der Waals surface area (Å²) in [6, 6.07) is -0.902. The maximum Gasteiger partial charge on any atom is 0.323 e. The minimum Gasteiger partial charge on any atom is -0.458 e. The summed E-state index contributed by atoms with van der Waals surface area (Å²) >= 11 is 0. The Balaban J connectivity index is 4.73. The first-order valence-corrected chi connectivity index (χ1v) is 24.6. The normalized spacial score (nSPS) is 12.2. The third kappa shape index (κ3) is 35.5. The van der Waals surface area contributed by atoms with Gasteiger partial charge in [0.25, 0.3) is 0 Å². The molecule has 0 saturated carbocycles. The zero-order valence-electron chi connectivity index (χ0n) is 37.5. The van der Waals surface area contributed by atoms with Crippen molar-refractivity contribution in [2.45, 2.75) is 296 Å². The monoisotopic (exact) mass is 778 g/mol. The van der Waals surface area contributed by atoms with Gasteiger partial charge in [0.05, 0.1) is 0 Å². The van der Waals surface area contributed by atoms with Gasteiger partial charge in [0.15, 0.2) is 0 Å². The van der Waals surface area contributed by atoms with Gasteiger partial charge in [-0.1, -0.05) is 220 Å². The standard InChI is InChI=1S/C49H95NO5/c1-5-9-13-17-21-22-23-24-25-26-27-28-29-31-35-39-46(51)54-47(52)41-40-45(50)48(53)55-49(42-36-32-19-15-11-7-3,43-37-33-20-16-12-8-4)44-38-34-30-18-14-10-6-2/h45H,5-44,50H2,1-4H3/t45-/m0/s1. The molecule has 6 heteroatoms. The summed E-state index contributed by atoms with van der Waals surface area (Å²) in [5.41, 5.74) is 5.89. The van der Waals surface area contributed by atoms with Crippen LogP contribution < -0.4 is 5.73 Å². The fourth-order valence-corrected chi connectivity index (χ4v) is 7.94. The average Bonchev–Trinajstić information content (AvgIpc) is 3.17. The van der Waals surface area contributed by atoms with Crippen LogP contribution in [0.25, 0.3) is 0 Å². The van der Waals surface area contributed by atoms with Crippen LogP contribution in [0.5, 0.6) is 0 Å². The second-order valence-corrected chi connectivity index (χ2v) is 17.2. The summed E-state index contributed by atoms with van der Waals surface area (Å²) < 4.78 is 11.6. The molecule has 0 unspecified atom stereocenters. The van der Waals surface area contributed by atoms with Crippen LogP contribution >= 0.6 is 0 Å². The predicted octanol–water partition coefficient (Wildman–Crippen LogP) is 15.3. The second kappa shape index (κ2) is 40.8. The Morgan fingerprint density at radius 2 is 0.673 bits per heavy atom. The number of hydrogen-bond acceptors (Lipinski definition) is 6. The van der Waals surface area contributed by atoms with E-state index in [4.69, 9.17) is 15.2 Å². The molecule has 6 nitrogen and oxygen atoms in total. The summed E-state index contributed by atoms with van der Waals surface area (Å²) in [5.74, 6) is -1.47. The van der Waals surface area contributed by atoms with Gasteiger partial charge >= 0.3 is 17.9 Å². The molecule has 0 radical (unpaired) electrons. The van der Waals surface area contributed by atoms with Crippen molar-refractivity contribution in [2.75, 3.05) is 0 Å². The van der Waals surface area contributed by atoms with E-state index < -0.39 is 29.6 Å². The average molecular weight is 778 g/mol. The number of nitrogens with two attached hydrogens (primary N) is 1. The molecule has 0 spiro atoms. The van der Waals surface area contributed by atoms with E-state index in [0.717, 1.165) is 70.6 Å². The van der Waals surface area contributed by atoms with E-state index in [0.29, 0.717) is 0 Å². The van der Waals surface area contributed by atoms with Gasteiger partial charge in [0, 0.05) is 12.8 Å². The molecule has 0 saturated heterocycles. The van der Waals surface area contributed by atoms with Crippen molar-refractivity contribution in [1.29, 1.82) is 0 Å². The molecule has 0 aromatic carbocycles. The first kappa shape index (κ1) is 53.6. The topological polar surface area (TPSA) is 95.7 Å². The zero-order chi connectivity index (χ0) is 40.5. The molecular weight excluding hydrogens is 683 g/mol. The van der Waals surface area contributed by atoms with Crippen LogP contribution in [-0.4, -0.2) is 29.6 Å². The number of carbonyl (C=O) groups excluding carboxylic acids is 3. The minimum absolute atomic E-state index is 0.0551. The maximum atomic E-state index is 13.6. The Labute approximate surface area is 342 Å². The molecule has 326 valence electrons. The third-order valence-electron chi connectivity index (χ3n) is 11.7. The zero-order valence-corrected chi connectivity index (χ0v) is 37.5. The van der Waals surface area contributed by atoms with E-state index in [1.165, 1.54) is 167 Å². The SMILES string of the molecule is CCCCCCCCCCCCCCCCCC(=O)OC(=O)CC[C@H](N)C(=O)OC(CCCCCCCC)(CCCCCCCC)CCCCCCCCC. The van der Waals surface area contributed by atoms with Crippen molar-refractivity contribution >= 4 is 17.9 Å². The molecule has 0 aliphatic heterocycles. The molecule has 0 rings (SSSR count). The molecule has 0 aliphatic rings. The Kier molecular flexibility index (Phi) is 39.7. The molecule has 0 aliphatic carbocycles. The molecule has 2 N–H and O–H groups in total. The van der Waals surface area contributed by atoms with Crippen LogP contribution in [-0.2, 0) is 23.9 Å². The summed E-state index contributed by atoms with van der Waals surface area (Å²) in [6.45, 7) is 9.01. The summed E-state index contributed by atoms with van der Waals surface area (Å²) in [5, 5.41) is 0. The van der Waals surface area contributed by atoms with Crippen LogP contribution in [0, 0.1) is 0 Å². The van der Waals surface area contributed by atoms with E-state index in [1.807, 2.05) is 0 Å². The Bertz CT molecular complexity index is 844. The lowest BCUT2D eigenvalue weighted by Gasteiger charge is -2.35. The van der Waals surface area contributed by atoms with E-state index in [-0.39, 0.29) is 19.3 Å². The molecule has 1 atom stereocenters. The van der Waals surface area contributed by atoms with Crippen LogP contribution in [0.3, 0.4) is 0 Å². The van der Waals surface area contributed by atoms with Gasteiger partial charge in [-0.15, -0.1) is 0 Å². The second-order valence-electron chi connectivity index (χ2n) is 17.2. The van der Waals surface area contributed by atoms with Crippen molar-refractivity contribution in [3.8, 4) is 0 Å². The number of ether oxygens (including phenoxy) is 2. The molecular formula is C49H95NO5. The minimum atomic E-state index is -0.902. The van der Waals surface area contributed by atoms with Gasteiger partial charge < -0.3 is 15.2 Å². The number of esters is 3. The van der Waals surface area contributed by atoms with Gasteiger partial charge in [0.1, 0.15) is 11.6 Å². The largest absolute Gasteiger partial charge is 0.458 e. The van der Waals surface area contributed by atoms with E-state index >= 15 is 0 Å². The van der Waals surface area contributed by atoms with Gasteiger partial charge in [-0.3, -0.25) is 14.4 Å². The van der Waals surface area contributed by atoms with Gasteiger partial charge in [-0.2, -0.15) is 0 Å². The number of carbonyl (C=O) groups is 3. The summed E-state index contributed by atoms with van der Waals surface area (Å²) in [7, 11) is 0. The highest BCUT2D eigenvalue weighted by Gasteiger charge is 2.35. The molecule has 0 heterocycles. The lowest BCUT2D eigenvalue weighted by molar-refractivity contribution is -0.165. The summed E-state index contributed by atoms with van der Waals surface area (Å²) in [4.78, 5) is 38.4. The number of unbranched alkanes of at least 4 members (excludes halogenated alkanes) is 30. The van der Waals surface area contributed by atoms with Gasteiger partial charge in [-0.25, -0.2) is 0 Å². The lowest BCUT2D eigenvalue weighted by atomic mass is 9.84. The highest BCUT2D eigenvalue weighted by atomic mass is 16.6. The van der Waals surface area contributed by atoms with Crippen molar-refractivity contribution in [3.63, 3.8) is 0 Å². The maximum absolute atomic E-state index is 13.6. The van der Waals surface area contributed by atoms with E-state index in [2.05, 4.69) is 27.7 Å². The third-order valence-corrected chi connectivity index (χ3v) is 11.7. The fourth-order valence-electron chi connectivity index (χ4n) is 7.94. The van der Waals surface area contributed by atoms with Crippen LogP contribution in [0.4, 0.5) is 0 Å². The lowest BCUT2D eigenvalue weighted by Crippen LogP contribution is -2.42. The highest BCUT2D eigenvalue weighted by molar-refractivity contribution is 5.86. The smallest absolute Gasteiger partial charge is 0.323 e. The molecule has 0 fully saturated rings. The van der Waals surface area contributed by atoms with Crippen LogP contribution in [0.15, 0.2) is 0 Å². The van der Waals surface area contributed by atoms with E-state index in [1.54, 1.807) is 0 Å². The van der Waals surface area contributed by atoms with Gasteiger partial charge in [0.2, 0.25) is 0 Å². The van der Waals surface area contributed by atoms with Crippen molar-refractivity contribution in [3.05, 3.63) is 0 Å². The van der Waals surface area contributed by atoms with Gasteiger partial charge in [-0.05, 0) is 51.4 Å². The Morgan fingerprint density at radius 3 is 1.00 bits per heavy atom. The first-order chi connectivity index (χ1) is 26.8. The molecule has 0 aromatic heterocycles. The Hall–Kier alpha value is -1.43. The number of hydrogen-bond donors (Lipinski definition) is 1. The van der Waals surface area contributed by atoms with Crippen molar-refractivity contribution in [2.24, 2.45) is 5.73 Å². The number of rotatable bonds is 43. The molecule has 0 aromatic rings. The van der Waals surface area contributed by atoms with Crippen molar-refractivity contribution < 1.29 is 23.9 Å². The molecule has 0 amide bonds. The highest BCUT2D eigenvalue weighted by Crippen LogP contribution is 2.34. The predicted molar refractivity (Wildman–Crippen MR) is 235 cm³/mol. The summed E-state index contributed by atoms with van der Waals surface area (Å²) in [6.07, 6.45) is 45.0.